The summed E-state index contributed by atoms with van der Waals surface area (Å²) in [6.45, 7) is 8.30. The summed E-state index contributed by atoms with van der Waals surface area (Å²) in [5.41, 5.74) is 1.32. The Hall–Kier alpha value is -3.22. The zero-order chi connectivity index (χ0) is 28.0. The largest absolute Gasteiger partial charge is 0.478 e. The van der Waals surface area contributed by atoms with Crippen LogP contribution >= 0.6 is 34.5 Å². The highest BCUT2D eigenvalue weighted by Gasteiger charge is 2.17. The van der Waals surface area contributed by atoms with E-state index in [2.05, 4.69) is 42.9 Å². The number of carboxylic acid groups (broad SMARTS) is 1. The van der Waals surface area contributed by atoms with E-state index in [9.17, 15) is 9.59 Å². The van der Waals surface area contributed by atoms with E-state index in [4.69, 9.17) is 33.0 Å². The predicted molar refractivity (Wildman–Crippen MR) is 150 cm³/mol. The normalized spacial score (nSPS) is 11.6. The number of carboxylic acids is 1. The summed E-state index contributed by atoms with van der Waals surface area (Å²) >= 11 is 13.6. The molecule has 2 aromatic carbocycles. The van der Waals surface area contributed by atoms with Crippen LogP contribution in [0.1, 0.15) is 49.2 Å². The Kier molecular flexibility index (Phi) is 9.69. The number of carbonyl (C=O) groups is 2. The molecule has 0 saturated carbocycles. The lowest BCUT2D eigenvalue weighted by Crippen LogP contribution is -2.14. The number of nitrogens with zero attached hydrogens (tertiary/aromatic N) is 1. The molecule has 3 rings (SSSR count). The molecule has 2 N–H and O–H groups in total. The Morgan fingerprint density at radius 3 is 2.55 bits per heavy atom. The Balaban J connectivity index is 1.74. The molecule has 0 aliphatic heterocycles. The zero-order valence-corrected chi connectivity index (χ0v) is 23.4. The van der Waals surface area contributed by atoms with Gasteiger partial charge in [-0.3, -0.25) is 10.1 Å². The number of aromatic nitrogens is 1. The van der Waals surface area contributed by atoms with Gasteiger partial charge in [0.05, 0.1) is 27.9 Å². The second-order valence-corrected chi connectivity index (χ2v) is 11.2. The molecule has 0 spiro atoms. The first-order valence-electron chi connectivity index (χ1n) is 11.4. The van der Waals surface area contributed by atoms with Crippen molar-refractivity contribution in [3.63, 3.8) is 0 Å². The van der Waals surface area contributed by atoms with E-state index < -0.39 is 17.7 Å². The van der Waals surface area contributed by atoms with E-state index in [0.717, 1.165) is 11.3 Å². The van der Waals surface area contributed by atoms with Gasteiger partial charge in [-0.2, -0.15) is 0 Å². The third-order valence-electron chi connectivity index (χ3n) is 4.97. The highest BCUT2D eigenvalue weighted by molar-refractivity contribution is 7.14. The predicted octanol–water partition coefficient (Wildman–Crippen LogP) is 7.41. The lowest BCUT2D eigenvalue weighted by atomic mass is 9.99. The number of hydrogen-bond acceptors (Lipinski definition) is 5. The number of thiazole rings is 1. The topological polar surface area (TPSA) is 88.5 Å². The quantitative estimate of drug-likeness (QED) is 0.174. The van der Waals surface area contributed by atoms with Crippen LogP contribution in [0.25, 0.3) is 17.3 Å². The third kappa shape index (κ3) is 7.89. The average molecular weight is 575 g/mol. The Labute approximate surface area is 234 Å². The molecule has 10 heteroatoms. The molecule has 1 amide bonds. The number of amides is 1. The summed E-state index contributed by atoms with van der Waals surface area (Å²) in [5, 5.41) is 13.8. The van der Waals surface area contributed by atoms with E-state index in [1.54, 1.807) is 23.6 Å². The van der Waals surface area contributed by atoms with Crippen molar-refractivity contribution in [3.05, 3.63) is 73.8 Å². The molecule has 0 saturated heterocycles. The van der Waals surface area contributed by atoms with Gasteiger partial charge in [0, 0.05) is 27.6 Å². The molecule has 0 atom stereocenters. The van der Waals surface area contributed by atoms with Gasteiger partial charge in [-0.25, -0.2) is 14.2 Å². The molecule has 0 fully saturated rings. The Morgan fingerprint density at radius 1 is 1.24 bits per heavy atom. The van der Waals surface area contributed by atoms with Crippen molar-refractivity contribution in [2.75, 3.05) is 18.5 Å². The lowest BCUT2D eigenvalue weighted by Gasteiger charge is -2.16. The van der Waals surface area contributed by atoms with Crippen molar-refractivity contribution in [2.45, 2.75) is 27.7 Å². The van der Waals surface area contributed by atoms with Gasteiger partial charge < -0.3 is 9.84 Å². The number of halogens is 3. The van der Waals surface area contributed by atoms with Crippen LogP contribution in [0.4, 0.5) is 9.52 Å². The fourth-order valence-electron chi connectivity index (χ4n) is 3.12. The first-order chi connectivity index (χ1) is 17.9. The van der Waals surface area contributed by atoms with Crippen LogP contribution in [-0.4, -0.2) is 35.2 Å². The van der Waals surface area contributed by atoms with Crippen LogP contribution in [0.5, 0.6) is 0 Å². The standard InChI is InChI=1S/C28H25Cl2FN2O4S/c1-16(26(35)36)11-20-21(29)12-18(13-22(20)30)25(34)33-27-32-23(14-38-27)19-9-5-7-17(24(19)31)8-6-10-37-15-28(2,3)4/h5,7,9,11-14H,10,15H2,1-4H3,(H,35,36)(H,32,33,34)/b16-11+. The van der Waals surface area contributed by atoms with Crippen LogP contribution in [0, 0.1) is 23.1 Å². The Morgan fingerprint density at radius 2 is 1.92 bits per heavy atom. The molecule has 0 bridgehead atoms. The highest BCUT2D eigenvalue weighted by atomic mass is 35.5. The van der Waals surface area contributed by atoms with E-state index in [0.29, 0.717) is 17.9 Å². The molecule has 0 aliphatic rings. The van der Waals surface area contributed by atoms with Crippen LogP contribution in [0.15, 0.2) is 41.3 Å². The number of hydrogen-bond donors (Lipinski definition) is 2. The summed E-state index contributed by atoms with van der Waals surface area (Å²) in [4.78, 5) is 28.2. The van der Waals surface area contributed by atoms with Crippen LogP contribution < -0.4 is 5.32 Å². The maximum absolute atomic E-state index is 15.1. The molecule has 1 aromatic heterocycles. The van der Waals surface area contributed by atoms with Gasteiger partial charge >= 0.3 is 5.97 Å². The van der Waals surface area contributed by atoms with Gasteiger partial charge in [0.15, 0.2) is 5.13 Å². The fourth-order valence-corrected chi connectivity index (χ4v) is 4.42. The van der Waals surface area contributed by atoms with Gasteiger partial charge in [0.1, 0.15) is 12.4 Å². The maximum atomic E-state index is 15.1. The molecule has 38 heavy (non-hydrogen) atoms. The number of rotatable bonds is 7. The molecule has 0 radical (unpaired) electrons. The number of aliphatic carboxylic acids is 1. The van der Waals surface area contributed by atoms with Crippen molar-refractivity contribution in [1.29, 1.82) is 0 Å². The van der Waals surface area contributed by atoms with Gasteiger partial charge in [-0.15, -0.1) is 11.3 Å². The number of ether oxygens (including phenoxy) is 1. The van der Waals surface area contributed by atoms with E-state index in [-0.39, 0.29) is 49.5 Å². The molecular formula is C28H25Cl2FN2O4S. The summed E-state index contributed by atoms with van der Waals surface area (Å²) in [6.07, 6.45) is 1.33. The second kappa shape index (κ2) is 12.5. The van der Waals surface area contributed by atoms with Crippen molar-refractivity contribution in [2.24, 2.45) is 5.41 Å². The number of anilines is 1. The van der Waals surface area contributed by atoms with Gasteiger partial charge in [-0.05, 0) is 42.7 Å². The zero-order valence-electron chi connectivity index (χ0n) is 21.1. The fraction of sp³-hybridized carbons (Fsp3) is 0.250. The lowest BCUT2D eigenvalue weighted by molar-refractivity contribution is -0.132. The maximum Gasteiger partial charge on any atom is 0.331 e. The third-order valence-corrected chi connectivity index (χ3v) is 6.35. The van der Waals surface area contributed by atoms with Crippen LogP contribution in [0.2, 0.25) is 10.0 Å². The van der Waals surface area contributed by atoms with Gasteiger partial charge in [-0.1, -0.05) is 61.9 Å². The number of carbonyl (C=O) groups excluding carboxylic acids is 1. The minimum atomic E-state index is -1.11. The molecule has 1 heterocycles. The second-order valence-electron chi connectivity index (χ2n) is 9.50. The molecular weight excluding hydrogens is 550 g/mol. The van der Waals surface area contributed by atoms with Gasteiger partial charge in [0.2, 0.25) is 0 Å². The van der Waals surface area contributed by atoms with Crippen molar-refractivity contribution >= 4 is 57.6 Å². The molecule has 3 aromatic rings. The van der Waals surface area contributed by atoms with Crippen molar-refractivity contribution in [1.82, 2.24) is 4.98 Å². The minimum absolute atomic E-state index is 0.0188. The minimum Gasteiger partial charge on any atom is -0.478 e. The van der Waals surface area contributed by atoms with Crippen molar-refractivity contribution in [3.8, 4) is 23.1 Å². The highest BCUT2D eigenvalue weighted by Crippen LogP contribution is 2.31. The molecule has 198 valence electrons. The number of benzene rings is 2. The first-order valence-corrected chi connectivity index (χ1v) is 13.0. The molecule has 0 unspecified atom stereocenters. The number of nitrogens with one attached hydrogen (secondary N) is 1. The van der Waals surface area contributed by atoms with Gasteiger partial charge in [0.25, 0.3) is 5.91 Å². The van der Waals surface area contributed by atoms with Crippen LogP contribution in [-0.2, 0) is 9.53 Å². The average Bonchev–Trinajstić information content (AvgIpc) is 3.29. The van der Waals surface area contributed by atoms with E-state index in [1.165, 1.54) is 25.1 Å². The van der Waals surface area contributed by atoms with Crippen molar-refractivity contribution < 1.29 is 23.8 Å². The summed E-state index contributed by atoms with van der Waals surface area (Å²) in [5.74, 6) is 3.47. The summed E-state index contributed by atoms with van der Waals surface area (Å²) in [6, 6.07) is 7.61. The SMILES string of the molecule is C/C(=C\c1c(Cl)cc(C(=O)Nc2nc(-c3cccc(C#CCOCC(C)(C)C)c3F)cs2)cc1Cl)C(=O)O. The Bertz CT molecular complexity index is 1440. The van der Waals surface area contributed by atoms with E-state index >= 15 is 4.39 Å². The molecule has 0 aliphatic carbocycles. The molecule has 6 nitrogen and oxygen atoms in total. The monoisotopic (exact) mass is 574 g/mol. The summed E-state index contributed by atoms with van der Waals surface area (Å²) < 4.78 is 20.6. The smallest absolute Gasteiger partial charge is 0.331 e. The first kappa shape index (κ1) is 29.3. The summed E-state index contributed by atoms with van der Waals surface area (Å²) in [7, 11) is 0. The van der Waals surface area contributed by atoms with E-state index in [1.807, 2.05) is 0 Å². The van der Waals surface area contributed by atoms with Crippen LogP contribution in [0.3, 0.4) is 0 Å².